The second kappa shape index (κ2) is 8.22. The number of halogens is 1. The number of hydrogen-bond acceptors (Lipinski definition) is 5. The first kappa shape index (κ1) is 21.4. The van der Waals surface area contributed by atoms with Gasteiger partial charge in [0.2, 0.25) is 10.0 Å². The highest BCUT2D eigenvalue weighted by molar-refractivity contribution is 7.89. The van der Waals surface area contributed by atoms with Crippen LogP contribution in [0.15, 0.2) is 47.4 Å². The number of carboxylic acids is 1. The summed E-state index contributed by atoms with van der Waals surface area (Å²) in [4.78, 5) is 10.8. The minimum absolute atomic E-state index is 0.121. The Morgan fingerprint density at radius 2 is 1.97 bits per heavy atom. The number of nitrogens with one attached hydrogen (secondary N) is 1. The molecule has 0 saturated heterocycles. The van der Waals surface area contributed by atoms with E-state index in [9.17, 15) is 13.2 Å². The van der Waals surface area contributed by atoms with Crippen molar-refractivity contribution in [2.24, 2.45) is 0 Å². The van der Waals surface area contributed by atoms with Crippen LogP contribution in [0.5, 0.6) is 11.5 Å². The quantitative estimate of drug-likeness (QED) is 0.685. The fourth-order valence-corrected chi connectivity index (χ4v) is 4.52. The predicted octanol–water partition coefficient (Wildman–Crippen LogP) is 3.43. The molecule has 0 bridgehead atoms. The number of rotatable bonds is 7. The molecule has 0 amide bonds. The number of fused-ring (bicyclic) bond motifs is 1. The van der Waals surface area contributed by atoms with Gasteiger partial charge in [0.25, 0.3) is 0 Å². The van der Waals surface area contributed by atoms with E-state index in [0.29, 0.717) is 22.9 Å². The van der Waals surface area contributed by atoms with Crippen molar-refractivity contribution < 1.29 is 27.8 Å². The van der Waals surface area contributed by atoms with Crippen LogP contribution in [-0.4, -0.2) is 38.2 Å². The zero-order valence-corrected chi connectivity index (χ0v) is 17.6. The molecule has 9 heteroatoms. The molecule has 0 aliphatic carbocycles. The normalized spacial score (nSPS) is 17.8. The second-order valence-corrected chi connectivity index (χ2v) is 9.65. The highest BCUT2D eigenvalue weighted by Crippen LogP contribution is 2.42. The number of sulfonamides is 1. The molecule has 2 aromatic rings. The summed E-state index contributed by atoms with van der Waals surface area (Å²) in [5.74, 6) is -0.257. The lowest BCUT2D eigenvalue weighted by Gasteiger charge is -2.37. The van der Waals surface area contributed by atoms with E-state index in [0.717, 1.165) is 5.56 Å². The van der Waals surface area contributed by atoms with Gasteiger partial charge in [-0.3, -0.25) is 0 Å². The maximum atomic E-state index is 12.6. The van der Waals surface area contributed by atoms with Crippen molar-refractivity contribution in [3.63, 3.8) is 0 Å². The van der Waals surface area contributed by atoms with Crippen molar-refractivity contribution in [2.75, 3.05) is 13.2 Å². The molecule has 1 aliphatic rings. The van der Waals surface area contributed by atoms with Crippen molar-refractivity contribution in [1.29, 1.82) is 0 Å². The number of carbonyl (C=O) groups is 1. The largest absolute Gasteiger partial charge is 0.487 e. The number of carboxylic acid groups (broad SMARTS) is 1. The third-order valence-electron chi connectivity index (χ3n) is 4.56. The lowest BCUT2D eigenvalue weighted by molar-refractivity contribution is -0.139. The smallest absolute Gasteiger partial charge is 0.341 e. The topological polar surface area (TPSA) is 102 Å². The molecule has 0 spiro atoms. The number of benzene rings is 2. The molecular formula is C20H22ClNO6S. The fourth-order valence-electron chi connectivity index (χ4n) is 3.31. The highest BCUT2D eigenvalue weighted by Gasteiger charge is 2.34. The van der Waals surface area contributed by atoms with Gasteiger partial charge in [-0.2, -0.15) is 0 Å². The summed E-state index contributed by atoms with van der Waals surface area (Å²) in [7, 11) is -3.68. The standard InChI is InChI=1S/C20H22ClNO6S/c1-20(2)10-13(11-22-29(25,26)16-6-3-14(21)4-7-16)17-8-5-15(9-18(17)28-20)27-12-19(23)24/h3-9,13,22H,10-12H2,1-2H3,(H,23,24). The van der Waals surface area contributed by atoms with E-state index in [1.54, 1.807) is 18.2 Å². The van der Waals surface area contributed by atoms with Crippen molar-refractivity contribution >= 4 is 27.6 Å². The van der Waals surface area contributed by atoms with Crippen molar-refractivity contribution in [1.82, 2.24) is 4.72 Å². The van der Waals surface area contributed by atoms with Crippen molar-refractivity contribution in [3.8, 4) is 11.5 Å². The van der Waals surface area contributed by atoms with Gasteiger partial charge in [0.05, 0.1) is 4.90 Å². The van der Waals surface area contributed by atoms with Crippen LogP contribution in [0.25, 0.3) is 0 Å². The Kier molecular flexibility index (Phi) is 6.07. The third-order valence-corrected chi connectivity index (χ3v) is 6.25. The molecule has 1 atom stereocenters. The van der Waals surface area contributed by atoms with Crippen molar-refractivity contribution in [2.45, 2.75) is 36.7 Å². The maximum absolute atomic E-state index is 12.6. The fraction of sp³-hybridized carbons (Fsp3) is 0.350. The minimum atomic E-state index is -3.68. The van der Waals surface area contributed by atoms with Gasteiger partial charge in [-0.15, -0.1) is 0 Å². The summed E-state index contributed by atoms with van der Waals surface area (Å²) in [5, 5.41) is 9.23. The summed E-state index contributed by atoms with van der Waals surface area (Å²) < 4.78 is 39.1. The lowest BCUT2D eigenvalue weighted by Crippen LogP contribution is -2.39. The second-order valence-electron chi connectivity index (χ2n) is 7.45. The van der Waals surface area contributed by atoms with Crippen LogP contribution in [0.4, 0.5) is 0 Å². The molecule has 0 radical (unpaired) electrons. The first-order valence-electron chi connectivity index (χ1n) is 8.98. The molecule has 156 valence electrons. The summed E-state index contributed by atoms with van der Waals surface area (Å²) >= 11 is 5.83. The van der Waals surface area contributed by atoms with E-state index in [1.807, 2.05) is 13.8 Å². The van der Waals surface area contributed by atoms with Gasteiger partial charge in [0.1, 0.15) is 17.1 Å². The van der Waals surface area contributed by atoms with Crippen LogP contribution >= 0.6 is 11.6 Å². The minimum Gasteiger partial charge on any atom is -0.487 e. The molecule has 1 heterocycles. The van der Waals surface area contributed by atoms with Gasteiger partial charge in [-0.25, -0.2) is 17.9 Å². The van der Waals surface area contributed by atoms with E-state index in [2.05, 4.69) is 4.72 Å². The highest BCUT2D eigenvalue weighted by atomic mass is 35.5. The van der Waals surface area contributed by atoms with Gasteiger partial charge in [-0.05, 0) is 56.2 Å². The molecule has 1 unspecified atom stereocenters. The molecule has 0 fully saturated rings. The number of hydrogen-bond donors (Lipinski definition) is 2. The van der Waals surface area contributed by atoms with Crippen LogP contribution in [-0.2, 0) is 14.8 Å². The number of aliphatic carboxylic acids is 1. The van der Waals surface area contributed by atoms with E-state index in [4.69, 9.17) is 26.2 Å². The maximum Gasteiger partial charge on any atom is 0.341 e. The Balaban J connectivity index is 1.79. The molecular weight excluding hydrogens is 418 g/mol. The third kappa shape index (κ3) is 5.41. The van der Waals surface area contributed by atoms with E-state index in [-0.39, 0.29) is 17.4 Å². The van der Waals surface area contributed by atoms with Crippen molar-refractivity contribution in [3.05, 3.63) is 53.1 Å². The molecule has 2 aromatic carbocycles. The number of ether oxygens (including phenoxy) is 2. The van der Waals surface area contributed by atoms with Gasteiger partial charge >= 0.3 is 5.97 Å². The SMILES string of the molecule is CC1(C)CC(CNS(=O)(=O)c2ccc(Cl)cc2)c2ccc(OCC(=O)O)cc2O1. The van der Waals surface area contributed by atoms with E-state index >= 15 is 0 Å². The van der Waals surface area contributed by atoms with Crippen LogP contribution < -0.4 is 14.2 Å². The summed E-state index contributed by atoms with van der Waals surface area (Å²) in [6.07, 6.45) is 0.610. The van der Waals surface area contributed by atoms with Gasteiger partial charge in [0.15, 0.2) is 6.61 Å². The first-order valence-corrected chi connectivity index (χ1v) is 10.8. The molecule has 7 nitrogen and oxygen atoms in total. The Morgan fingerprint density at radius 1 is 1.28 bits per heavy atom. The van der Waals surface area contributed by atoms with Crippen LogP contribution in [0.3, 0.4) is 0 Å². The monoisotopic (exact) mass is 439 g/mol. The van der Waals surface area contributed by atoms with Crippen LogP contribution in [0.2, 0.25) is 5.02 Å². The molecule has 0 saturated carbocycles. The average molecular weight is 440 g/mol. The molecule has 3 rings (SSSR count). The zero-order valence-electron chi connectivity index (χ0n) is 16.0. The average Bonchev–Trinajstić information content (AvgIpc) is 2.63. The van der Waals surface area contributed by atoms with Gasteiger partial charge in [-0.1, -0.05) is 17.7 Å². The first-order chi connectivity index (χ1) is 13.6. The zero-order chi connectivity index (χ0) is 21.2. The molecule has 0 aromatic heterocycles. The van der Waals surface area contributed by atoms with Gasteiger partial charge < -0.3 is 14.6 Å². The Hall–Kier alpha value is -2.29. The van der Waals surface area contributed by atoms with Crippen LogP contribution in [0, 0.1) is 0 Å². The van der Waals surface area contributed by atoms with Gasteiger partial charge in [0, 0.05) is 23.6 Å². The lowest BCUT2D eigenvalue weighted by atomic mass is 9.84. The van der Waals surface area contributed by atoms with E-state index < -0.39 is 28.2 Å². The summed E-state index contributed by atoms with van der Waals surface area (Å²) in [5.41, 5.74) is 0.320. The molecule has 2 N–H and O–H groups in total. The molecule has 29 heavy (non-hydrogen) atoms. The Labute approximate surface area is 174 Å². The Morgan fingerprint density at radius 3 is 2.62 bits per heavy atom. The predicted molar refractivity (Wildman–Crippen MR) is 108 cm³/mol. The summed E-state index contributed by atoms with van der Waals surface area (Å²) in [6.45, 7) is 3.58. The van der Waals surface area contributed by atoms with Crippen LogP contribution in [0.1, 0.15) is 31.7 Å². The van der Waals surface area contributed by atoms with E-state index in [1.165, 1.54) is 24.3 Å². The molecule has 1 aliphatic heterocycles. The Bertz CT molecular complexity index is 1000. The summed E-state index contributed by atoms with van der Waals surface area (Å²) in [6, 6.07) is 11.0.